The van der Waals surface area contributed by atoms with Crippen LogP contribution in [0.4, 0.5) is 0 Å². The zero-order chi connectivity index (χ0) is 8.85. The first-order valence-corrected chi connectivity index (χ1v) is 10.9. The predicted octanol–water partition coefficient (Wildman–Crippen LogP) is 3.81. The van der Waals surface area contributed by atoms with E-state index in [-0.39, 0.29) is 0 Å². The molecule has 0 saturated carbocycles. The maximum absolute atomic E-state index is 2.40. The van der Waals surface area contributed by atoms with Crippen molar-refractivity contribution in [1.29, 1.82) is 0 Å². The number of rotatable bonds is 5. The van der Waals surface area contributed by atoms with E-state index in [1.165, 1.54) is 0 Å². The van der Waals surface area contributed by atoms with Crippen molar-refractivity contribution in [3.8, 4) is 0 Å². The zero-order valence-electron chi connectivity index (χ0n) is 8.78. The molecule has 0 nitrogen and oxygen atoms in total. The van der Waals surface area contributed by atoms with Crippen LogP contribution in [0.25, 0.3) is 0 Å². The number of hydrogen-bond donors (Lipinski definition) is 0. The Morgan fingerprint density at radius 3 is 1.45 bits per heavy atom. The summed E-state index contributed by atoms with van der Waals surface area (Å²) < 4.78 is 4.77. The molecule has 0 unspecified atom stereocenters. The van der Waals surface area contributed by atoms with Gasteiger partial charge >= 0.3 is 79.5 Å². The molecule has 67 valence electrons. The second-order valence-corrected chi connectivity index (χ2v) is 12.9. The topological polar surface area (TPSA) is 0 Å². The normalized spacial score (nSPS) is 12.0. The Morgan fingerprint density at radius 1 is 0.909 bits per heavy atom. The van der Waals surface area contributed by atoms with Crippen molar-refractivity contribution in [3.05, 3.63) is 0 Å². The number of hydrogen-bond acceptors (Lipinski definition) is 0. The molecule has 1 heteroatoms. The van der Waals surface area contributed by atoms with E-state index in [0.717, 1.165) is 11.8 Å². The first kappa shape index (κ1) is 11.8. The second-order valence-electron chi connectivity index (χ2n) is 4.30. The van der Waals surface area contributed by atoms with Crippen LogP contribution in [0, 0.1) is 11.8 Å². The SMILES string of the molecule is C[CH2][Sn]([CH2]C(C)C)[CH2]C(C)C. The van der Waals surface area contributed by atoms with Crippen LogP contribution < -0.4 is 0 Å². The summed E-state index contributed by atoms with van der Waals surface area (Å²) in [5.41, 5.74) is 0. The van der Waals surface area contributed by atoms with Crippen molar-refractivity contribution in [2.45, 2.75) is 47.9 Å². The van der Waals surface area contributed by atoms with Crippen molar-refractivity contribution in [3.63, 3.8) is 0 Å². The van der Waals surface area contributed by atoms with Gasteiger partial charge in [-0.05, 0) is 0 Å². The maximum atomic E-state index is 2.40. The minimum atomic E-state index is -0.868. The first-order valence-electron chi connectivity index (χ1n) is 4.89. The average molecular weight is 262 g/mol. The summed E-state index contributed by atoms with van der Waals surface area (Å²) in [6, 6.07) is 0. The summed E-state index contributed by atoms with van der Waals surface area (Å²) in [6.07, 6.45) is 0. The second kappa shape index (κ2) is 6.33. The van der Waals surface area contributed by atoms with Crippen LogP contribution in [-0.4, -0.2) is 19.8 Å². The van der Waals surface area contributed by atoms with Crippen molar-refractivity contribution in [1.82, 2.24) is 0 Å². The van der Waals surface area contributed by atoms with Gasteiger partial charge in [0.25, 0.3) is 0 Å². The molecule has 11 heavy (non-hydrogen) atoms. The molecule has 0 aliphatic rings. The van der Waals surface area contributed by atoms with Gasteiger partial charge in [-0.2, -0.15) is 0 Å². The van der Waals surface area contributed by atoms with Gasteiger partial charge < -0.3 is 0 Å². The van der Waals surface area contributed by atoms with E-state index in [1.54, 1.807) is 13.3 Å². The average Bonchev–Trinajstić information content (AvgIpc) is 1.84. The van der Waals surface area contributed by atoms with Crippen LogP contribution in [-0.2, 0) is 0 Å². The Bertz CT molecular complexity index is 76.9. The molecule has 0 saturated heterocycles. The third kappa shape index (κ3) is 7.17. The molecule has 0 aromatic heterocycles. The Balaban J connectivity index is 3.58. The van der Waals surface area contributed by atoms with Crippen molar-refractivity contribution in [2.24, 2.45) is 11.8 Å². The summed E-state index contributed by atoms with van der Waals surface area (Å²) in [7, 11) is 0. The minimum absolute atomic E-state index is 0.868. The fourth-order valence-electron chi connectivity index (χ4n) is 1.53. The van der Waals surface area contributed by atoms with Crippen LogP contribution in [0.2, 0.25) is 13.3 Å². The summed E-state index contributed by atoms with van der Waals surface area (Å²) in [5.74, 6) is 1.92. The van der Waals surface area contributed by atoms with Crippen molar-refractivity contribution >= 4 is 19.8 Å². The van der Waals surface area contributed by atoms with E-state index in [0.29, 0.717) is 0 Å². The van der Waals surface area contributed by atoms with Crippen LogP contribution >= 0.6 is 0 Å². The van der Waals surface area contributed by atoms with Gasteiger partial charge in [0, 0.05) is 0 Å². The van der Waals surface area contributed by atoms with Crippen LogP contribution in [0.15, 0.2) is 0 Å². The molecular weight excluding hydrogens is 239 g/mol. The van der Waals surface area contributed by atoms with E-state index >= 15 is 0 Å². The Kier molecular flexibility index (Phi) is 6.79. The molecule has 0 spiro atoms. The van der Waals surface area contributed by atoms with E-state index in [4.69, 9.17) is 0 Å². The van der Waals surface area contributed by atoms with E-state index in [9.17, 15) is 0 Å². The van der Waals surface area contributed by atoms with Gasteiger partial charge in [0.2, 0.25) is 0 Å². The molecule has 0 aromatic rings. The summed E-state index contributed by atoms with van der Waals surface area (Å²) in [4.78, 5) is 0. The Labute approximate surface area is 79.5 Å². The molecule has 0 heterocycles. The quantitative estimate of drug-likeness (QED) is 0.661. The van der Waals surface area contributed by atoms with Crippen LogP contribution in [0.3, 0.4) is 0 Å². The molecule has 0 N–H and O–H groups in total. The zero-order valence-corrected chi connectivity index (χ0v) is 11.6. The molecule has 0 bridgehead atoms. The first-order chi connectivity index (χ1) is 5.06. The summed E-state index contributed by atoms with van der Waals surface area (Å²) >= 11 is -0.868. The van der Waals surface area contributed by atoms with Crippen LogP contribution in [0.1, 0.15) is 34.6 Å². The fraction of sp³-hybridized carbons (Fsp3) is 1.00. The van der Waals surface area contributed by atoms with E-state index < -0.39 is 19.8 Å². The van der Waals surface area contributed by atoms with Crippen molar-refractivity contribution in [2.75, 3.05) is 0 Å². The summed E-state index contributed by atoms with van der Waals surface area (Å²) in [6.45, 7) is 11.9. The standard InChI is InChI=1S/2C4H9.C2H5.Sn/c2*1-4(2)3;1-2;/h2*4H,1H2,2-3H3;1H2,2H3;. The van der Waals surface area contributed by atoms with Gasteiger partial charge in [0.1, 0.15) is 0 Å². The summed E-state index contributed by atoms with van der Waals surface area (Å²) in [5, 5.41) is 0. The monoisotopic (exact) mass is 263 g/mol. The van der Waals surface area contributed by atoms with Gasteiger partial charge in [-0.25, -0.2) is 0 Å². The Morgan fingerprint density at radius 2 is 1.27 bits per heavy atom. The molecule has 0 aliphatic carbocycles. The molecule has 0 fully saturated rings. The Hall–Kier alpha value is 0.799. The van der Waals surface area contributed by atoms with Gasteiger partial charge in [0.15, 0.2) is 0 Å². The van der Waals surface area contributed by atoms with Gasteiger partial charge in [-0.3, -0.25) is 0 Å². The van der Waals surface area contributed by atoms with Gasteiger partial charge in [-0.1, -0.05) is 0 Å². The molecule has 0 aliphatic heterocycles. The molecule has 0 aromatic carbocycles. The molecule has 0 rings (SSSR count). The molecular formula is C10H23Sn. The van der Waals surface area contributed by atoms with Gasteiger partial charge in [-0.15, -0.1) is 0 Å². The third-order valence-corrected chi connectivity index (χ3v) is 12.7. The third-order valence-electron chi connectivity index (χ3n) is 1.89. The molecule has 0 amide bonds. The van der Waals surface area contributed by atoms with E-state index in [2.05, 4.69) is 34.6 Å². The fourth-order valence-corrected chi connectivity index (χ4v) is 10.2. The molecule has 1 radical (unpaired) electrons. The van der Waals surface area contributed by atoms with E-state index in [1.807, 2.05) is 0 Å². The van der Waals surface area contributed by atoms with Gasteiger partial charge in [0.05, 0.1) is 0 Å². The van der Waals surface area contributed by atoms with Crippen molar-refractivity contribution < 1.29 is 0 Å². The predicted molar refractivity (Wildman–Crippen MR) is 55.5 cm³/mol. The molecule has 0 atom stereocenters. The van der Waals surface area contributed by atoms with Crippen LogP contribution in [0.5, 0.6) is 0 Å².